The van der Waals surface area contributed by atoms with Crippen molar-refractivity contribution in [1.29, 1.82) is 0 Å². The van der Waals surface area contributed by atoms with Gasteiger partial charge in [0.25, 0.3) is 0 Å². The van der Waals surface area contributed by atoms with Crippen molar-refractivity contribution in [2.45, 2.75) is 19.4 Å². The summed E-state index contributed by atoms with van der Waals surface area (Å²) in [6.45, 7) is 1.72. The highest BCUT2D eigenvalue weighted by Crippen LogP contribution is 2.17. The summed E-state index contributed by atoms with van der Waals surface area (Å²) in [6, 6.07) is 6.44. The molecule has 1 aliphatic heterocycles. The molecule has 0 aliphatic carbocycles. The molecule has 2 aromatic rings. The molecule has 2 heterocycles. The monoisotopic (exact) mass is 232 g/mol. The average Bonchev–Trinajstić information content (AvgIpc) is 2.74. The van der Waals surface area contributed by atoms with Gasteiger partial charge in [-0.1, -0.05) is 12.1 Å². The predicted molar refractivity (Wildman–Crippen MR) is 61.1 cm³/mol. The fourth-order valence-corrected chi connectivity index (χ4v) is 2.03. The summed E-state index contributed by atoms with van der Waals surface area (Å²) in [7, 11) is 0. The first-order valence-electron chi connectivity index (χ1n) is 5.74. The van der Waals surface area contributed by atoms with Gasteiger partial charge in [-0.25, -0.2) is 9.37 Å². The Labute approximate surface area is 98.7 Å². The Balaban J connectivity index is 1.80. The van der Waals surface area contributed by atoms with E-state index in [1.165, 1.54) is 12.1 Å². The number of nitrogens with zero attached hydrogens (tertiary/aromatic N) is 1. The minimum absolute atomic E-state index is 0.218. The number of hydrogen-bond donors (Lipinski definition) is 1. The molecule has 3 rings (SSSR count). The predicted octanol–water partition coefficient (Wildman–Crippen LogP) is 2.05. The Morgan fingerprint density at radius 1 is 1.29 bits per heavy atom. The Kier molecular flexibility index (Phi) is 2.65. The van der Waals surface area contributed by atoms with Crippen LogP contribution < -0.4 is 5.32 Å². The molecule has 1 aliphatic rings. The standard InChI is InChI=1S/C13H13FN2O/c14-10-3-1-9(2-4-10)7-13-16-11-8-15-6-5-12(11)17-13/h1-4,15H,5-8H2. The Hall–Kier alpha value is -1.68. The zero-order valence-electron chi connectivity index (χ0n) is 9.37. The third-order valence-corrected chi connectivity index (χ3v) is 2.91. The van der Waals surface area contributed by atoms with Crippen LogP contribution in [0.3, 0.4) is 0 Å². The van der Waals surface area contributed by atoms with E-state index in [9.17, 15) is 4.39 Å². The molecule has 0 fully saturated rings. The quantitative estimate of drug-likeness (QED) is 0.861. The lowest BCUT2D eigenvalue weighted by Gasteiger charge is -2.08. The highest BCUT2D eigenvalue weighted by molar-refractivity contribution is 5.21. The molecular formula is C13H13FN2O. The summed E-state index contributed by atoms with van der Waals surface area (Å²) < 4.78 is 18.5. The van der Waals surface area contributed by atoms with Crippen LogP contribution in [-0.2, 0) is 19.4 Å². The summed E-state index contributed by atoms with van der Waals surface area (Å²) in [4.78, 5) is 4.45. The molecule has 0 radical (unpaired) electrons. The second-order valence-corrected chi connectivity index (χ2v) is 4.21. The van der Waals surface area contributed by atoms with Crippen molar-refractivity contribution >= 4 is 0 Å². The molecule has 1 N–H and O–H groups in total. The van der Waals surface area contributed by atoms with Gasteiger partial charge in [0, 0.05) is 25.9 Å². The maximum Gasteiger partial charge on any atom is 0.199 e. The first kappa shape index (κ1) is 10.5. The van der Waals surface area contributed by atoms with Gasteiger partial charge in [0.15, 0.2) is 5.89 Å². The highest BCUT2D eigenvalue weighted by Gasteiger charge is 2.16. The van der Waals surface area contributed by atoms with Crippen molar-refractivity contribution in [1.82, 2.24) is 10.3 Å². The molecule has 4 heteroatoms. The van der Waals surface area contributed by atoms with Crippen molar-refractivity contribution in [3.05, 3.63) is 53.0 Å². The van der Waals surface area contributed by atoms with Crippen LogP contribution in [0.5, 0.6) is 0 Å². The van der Waals surface area contributed by atoms with Crippen LogP contribution in [0.25, 0.3) is 0 Å². The molecule has 0 saturated heterocycles. The lowest BCUT2D eigenvalue weighted by atomic mass is 10.1. The van der Waals surface area contributed by atoms with E-state index in [1.807, 2.05) is 0 Å². The van der Waals surface area contributed by atoms with Crippen LogP contribution in [0.2, 0.25) is 0 Å². The van der Waals surface area contributed by atoms with Gasteiger partial charge < -0.3 is 9.73 Å². The van der Waals surface area contributed by atoms with Gasteiger partial charge in [-0.05, 0) is 17.7 Å². The third kappa shape index (κ3) is 2.22. The summed E-state index contributed by atoms with van der Waals surface area (Å²) in [6.07, 6.45) is 1.51. The molecule has 1 aromatic heterocycles. The van der Waals surface area contributed by atoms with E-state index in [-0.39, 0.29) is 5.82 Å². The molecule has 1 aromatic carbocycles. The topological polar surface area (TPSA) is 38.1 Å². The van der Waals surface area contributed by atoms with Crippen LogP contribution in [0, 0.1) is 5.82 Å². The zero-order chi connectivity index (χ0) is 11.7. The molecule has 3 nitrogen and oxygen atoms in total. The van der Waals surface area contributed by atoms with Gasteiger partial charge in [-0.2, -0.15) is 0 Å². The molecule has 0 spiro atoms. The van der Waals surface area contributed by atoms with Crippen LogP contribution in [-0.4, -0.2) is 11.5 Å². The molecule has 0 amide bonds. The Morgan fingerprint density at radius 3 is 2.88 bits per heavy atom. The number of fused-ring (bicyclic) bond motifs is 1. The summed E-state index contributed by atoms with van der Waals surface area (Å²) in [5, 5.41) is 3.25. The van der Waals surface area contributed by atoms with Crippen LogP contribution >= 0.6 is 0 Å². The maximum atomic E-state index is 12.8. The SMILES string of the molecule is Fc1ccc(Cc2nc3c(o2)CCNC3)cc1. The smallest absolute Gasteiger partial charge is 0.199 e. The van der Waals surface area contributed by atoms with Crippen molar-refractivity contribution < 1.29 is 8.81 Å². The molecule has 88 valence electrons. The normalized spacial score (nSPS) is 14.6. The molecular weight excluding hydrogens is 219 g/mol. The lowest BCUT2D eigenvalue weighted by Crippen LogP contribution is -2.22. The number of halogens is 1. The van der Waals surface area contributed by atoms with Crippen molar-refractivity contribution in [3.63, 3.8) is 0 Å². The van der Waals surface area contributed by atoms with Crippen LogP contribution in [0.1, 0.15) is 22.9 Å². The number of benzene rings is 1. The largest absolute Gasteiger partial charge is 0.445 e. The average molecular weight is 232 g/mol. The van der Waals surface area contributed by atoms with Crippen LogP contribution in [0.15, 0.2) is 28.7 Å². The fraction of sp³-hybridized carbons (Fsp3) is 0.308. The maximum absolute atomic E-state index is 12.8. The Morgan fingerprint density at radius 2 is 2.12 bits per heavy atom. The summed E-state index contributed by atoms with van der Waals surface area (Å²) in [5.74, 6) is 1.48. The third-order valence-electron chi connectivity index (χ3n) is 2.91. The first-order valence-corrected chi connectivity index (χ1v) is 5.74. The minimum atomic E-state index is -0.218. The van der Waals surface area contributed by atoms with E-state index in [4.69, 9.17) is 4.42 Å². The summed E-state index contributed by atoms with van der Waals surface area (Å²) >= 11 is 0. The van der Waals surface area contributed by atoms with Gasteiger partial charge in [0.1, 0.15) is 11.6 Å². The minimum Gasteiger partial charge on any atom is -0.445 e. The second kappa shape index (κ2) is 4.30. The summed E-state index contributed by atoms with van der Waals surface area (Å²) in [5.41, 5.74) is 2.02. The van der Waals surface area contributed by atoms with Gasteiger partial charge in [-0.15, -0.1) is 0 Å². The molecule has 0 atom stereocenters. The van der Waals surface area contributed by atoms with Crippen LogP contribution in [0.4, 0.5) is 4.39 Å². The zero-order valence-corrected chi connectivity index (χ0v) is 9.37. The van der Waals surface area contributed by atoms with Crippen molar-refractivity contribution in [3.8, 4) is 0 Å². The molecule has 0 bridgehead atoms. The van der Waals surface area contributed by atoms with Gasteiger partial charge in [-0.3, -0.25) is 0 Å². The van der Waals surface area contributed by atoms with Gasteiger partial charge in [0.2, 0.25) is 0 Å². The number of hydrogen-bond acceptors (Lipinski definition) is 3. The number of nitrogens with one attached hydrogen (secondary N) is 1. The number of aromatic nitrogens is 1. The first-order chi connectivity index (χ1) is 8.31. The van der Waals surface area contributed by atoms with E-state index in [1.54, 1.807) is 12.1 Å². The Bertz CT molecular complexity index is 495. The molecule has 0 saturated carbocycles. The van der Waals surface area contributed by atoms with E-state index in [2.05, 4.69) is 10.3 Å². The fourth-order valence-electron chi connectivity index (χ4n) is 2.03. The van der Waals surface area contributed by atoms with Crippen molar-refractivity contribution in [2.24, 2.45) is 0 Å². The number of oxazole rings is 1. The van der Waals surface area contributed by atoms with E-state index >= 15 is 0 Å². The number of rotatable bonds is 2. The van der Waals surface area contributed by atoms with Crippen molar-refractivity contribution in [2.75, 3.05) is 6.54 Å². The second-order valence-electron chi connectivity index (χ2n) is 4.21. The van der Waals surface area contributed by atoms with Gasteiger partial charge in [0.05, 0.1) is 5.69 Å². The lowest BCUT2D eigenvalue weighted by molar-refractivity contribution is 0.445. The van der Waals surface area contributed by atoms with Gasteiger partial charge >= 0.3 is 0 Å². The van der Waals surface area contributed by atoms with E-state index < -0.39 is 0 Å². The van der Waals surface area contributed by atoms with E-state index in [0.29, 0.717) is 12.3 Å². The molecule has 0 unspecified atom stereocenters. The highest BCUT2D eigenvalue weighted by atomic mass is 19.1. The van der Waals surface area contributed by atoms with E-state index in [0.717, 1.165) is 36.5 Å². The molecule has 17 heavy (non-hydrogen) atoms.